The summed E-state index contributed by atoms with van der Waals surface area (Å²) in [6, 6.07) is 2.05. The zero-order valence-electron chi connectivity index (χ0n) is 9.55. The Kier molecular flexibility index (Phi) is 6.52. The number of hydrogen-bond acceptors (Lipinski definition) is 3. The van der Waals surface area contributed by atoms with Crippen LogP contribution >= 0.6 is 0 Å². The first-order valence-corrected chi connectivity index (χ1v) is 5.29. The second-order valence-electron chi connectivity index (χ2n) is 4.25. The predicted octanol–water partition coefficient (Wildman–Crippen LogP) is 2.07. The number of rotatable bonds is 7. The summed E-state index contributed by atoms with van der Waals surface area (Å²) in [7, 11) is 0. The summed E-state index contributed by atoms with van der Waals surface area (Å²) in [5.41, 5.74) is 4.91. The van der Waals surface area contributed by atoms with Crippen molar-refractivity contribution < 1.29 is 4.74 Å². The molecule has 3 heteroatoms. The van der Waals surface area contributed by atoms with Crippen LogP contribution in [0.4, 0.5) is 0 Å². The van der Waals surface area contributed by atoms with Crippen LogP contribution in [0.2, 0.25) is 0 Å². The Morgan fingerprint density at radius 2 is 2.21 bits per heavy atom. The van der Waals surface area contributed by atoms with E-state index < -0.39 is 5.54 Å². The Morgan fingerprint density at radius 1 is 1.57 bits per heavy atom. The second-order valence-corrected chi connectivity index (χ2v) is 4.25. The van der Waals surface area contributed by atoms with E-state index in [1.165, 1.54) is 12.8 Å². The van der Waals surface area contributed by atoms with Crippen molar-refractivity contribution in [2.45, 2.75) is 45.6 Å². The molecule has 0 amide bonds. The zero-order valence-corrected chi connectivity index (χ0v) is 9.55. The van der Waals surface area contributed by atoms with Gasteiger partial charge >= 0.3 is 0 Å². The average molecular weight is 198 g/mol. The van der Waals surface area contributed by atoms with Gasteiger partial charge in [0.05, 0.1) is 6.07 Å². The van der Waals surface area contributed by atoms with Crippen LogP contribution in [0.25, 0.3) is 0 Å². The Bertz CT molecular complexity index is 184. The van der Waals surface area contributed by atoms with E-state index in [9.17, 15) is 0 Å². The second kappa shape index (κ2) is 6.80. The SMILES string of the molecule is CCCC(C)COCCC(C)(N)C#N. The summed E-state index contributed by atoms with van der Waals surface area (Å²) in [6.45, 7) is 7.42. The molecule has 2 atom stereocenters. The lowest BCUT2D eigenvalue weighted by Crippen LogP contribution is -2.35. The Morgan fingerprint density at radius 3 is 2.71 bits per heavy atom. The van der Waals surface area contributed by atoms with Gasteiger partial charge in [0.1, 0.15) is 5.54 Å². The summed E-state index contributed by atoms with van der Waals surface area (Å²) < 4.78 is 5.45. The van der Waals surface area contributed by atoms with Gasteiger partial charge in [0.15, 0.2) is 0 Å². The van der Waals surface area contributed by atoms with Gasteiger partial charge in [-0.1, -0.05) is 20.3 Å². The summed E-state index contributed by atoms with van der Waals surface area (Å²) in [4.78, 5) is 0. The van der Waals surface area contributed by atoms with Crippen molar-refractivity contribution in [1.82, 2.24) is 0 Å². The van der Waals surface area contributed by atoms with Crippen LogP contribution in [0.5, 0.6) is 0 Å². The monoisotopic (exact) mass is 198 g/mol. The molecule has 0 aromatic rings. The quantitative estimate of drug-likeness (QED) is 0.637. The van der Waals surface area contributed by atoms with Gasteiger partial charge in [-0.25, -0.2) is 0 Å². The highest BCUT2D eigenvalue weighted by Crippen LogP contribution is 2.07. The topological polar surface area (TPSA) is 59.0 Å². The molecule has 0 fully saturated rings. The fourth-order valence-corrected chi connectivity index (χ4v) is 1.20. The molecular formula is C11H22N2O. The van der Waals surface area contributed by atoms with Crippen molar-refractivity contribution in [2.75, 3.05) is 13.2 Å². The van der Waals surface area contributed by atoms with Crippen molar-refractivity contribution in [2.24, 2.45) is 11.7 Å². The first-order valence-electron chi connectivity index (χ1n) is 5.29. The lowest BCUT2D eigenvalue weighted by Gasteiger charge is -2.16. The highest BCUT2D eigenvalue weighted by Gasteiger charge is 2.16. The van der Waals surface area contributed by atoms with E-state index in [1.54, 1.807) is 6.92 Å². The Hall–Kier alpha value is -0.590. The molecule has 0 aliphatic heterocycles. The van der Waals surface area contributed by atoms with Crippen LogP contribution in [0.3, 0.4) is 0 Å². The standard InChI is InChI=1S/C11H22N2O/c1-4-5-10(2)8-14-7-6-11(3,13)9-12/h10H,4-8,13H2,1-3H3. The number of nitriles is 1. The highest BCUT2D eigenvalue weighted by atomic mass is 16.5. The van der Waals surface area contributed by atoms with E-state index in [1.807, 2.05) is 0 Å². The molecule has 14 heavy (non-hydrogen) atoms. The number of hydrogen-bond donors (Lipinski definition) is 1. The molecule has 0 aliphatic carbocycles. The molecule has 0 aliphatic rings. The largest absolute Gasteiger partial charge is 0.381 e. The van der Waals surface area contributed by atoms with Crippen molar-refractivity contribution >= 4 is 0 Å². The molecule has 0 rings (SSSR count). The van der Waals surface area contributed by atoms with E-state index in [0.717, 1.165) is 6.61 Å². The lowest BCUT2D eigenvalue weighted by atomic mass is 10.0. The minimum Gasteiger partial charge on any atom is -0.381 e. The summed E-state index contributed by atoms with van der Waals surface area (Å²) >= 11 is 0. The van der Waals surface area contributed by atoms with E-state index in [2.05, 4.69) is 19.9 Å². The average Bonchev–Trinajstić information content (AvgIpc) is 2.13. The molecule has 0 aromatic heterocycles. The van der Waals surface area contributed by atoms with Crippen LogP contribution in [0, 0.1) is 17.2 Å². The van der Waals surface area contributed by atoms with Crippen LogP contribution in [0.1, 0.15) is 40.0 Å². The zero-order chi connectivity index (χ0) is 11.0. The predicted molar refractivity (Wildman–Crippen MR) is 57.7 cm³/mol. The molecular weight excluding hydrogens is 176 g/mol. The van der Waals surface area contributed by atoms with Gasteiger partial charge in [0.25, 0.3) is 0 Å². The molecule has 2 N–H and O–H groups in total. The summed E-state index contributed by atoms with van der Waals surface area (Å²) in [5, 5.41) is 8.66. The summed E-state index contributed by atoms with van der Waals surface area (Å²) in [5.74, 6) is 0.603. The van der Waals surface area contributed by atoms with Crippen molar-refractivity contribution in [1.29, 1.82) is 5.26 Å². The number of ether oxygens (including phenoxy) is 1. The van der Waals surface area contributed by atoms with Gasteiger partial charge < -0.3 is 10.5 Å². The molecule has 0 heterocycles. The van der Waals surface area contributed by atoms with E-state index >= 15 is 0 Å². The van der Waals surface area contributed by atoms with Gasteiger partial charge in [-0.2, -0.15) is 5.26 Å². The van der Waals surface area contributed by atoms with Gasteiger partial charge in [-0.3, -0.25) is 0 Å². The first-order chi connectivity index (χ1) is 6.52. The number of nitrogens with two attached hydrogens (primary N) is 1. The van der Waals surface area contributed by atoms with Gasteiger partial charge in [0.2, 0.25) is 0 Å². The van der Waals surface area contributed by atoms with E-state index in [0.29, 0.717) is 18.9 Å². The highest BCUT2D eigenvalue weighted by molar-refractivity contribution is 5.00. The smallest absolute Gasteiger partial charge is 0.103 e. The molecule has 82 valence electrons. The molecule has 0 saturated heterocycles. The maximum atomic E-state index is 8.66. The molecule has 0 aromatic carbocycles. The molecule has 0 bridgehead atoms. The van der Waals surface area contributed by atoms with Crippen molar-refractivity contribution in [3.05, 3.63) is 0 Å². The van der Waals surface area contributed by atoms with Gasteiger partial charge in [0, 0.05) is 19.6 Å². The molecule has 0 radical (unpaired) electrons. The lowest BCUT2D eigenvalue weighted by molar-refractivity contribution is 0.0929. The normalized spacial score (nSPS) is 17.1. The summed E-state index contributed by atoms with van der Waals surface area (Å²) in [6.07, 6.45) is 2.98. The minimum absolute atomic E-state index is 0.578. The fourth-order valence-electron chi connectivity index (χ4n) is 1.20. The first kappa shape index (κ1) is 13.4. The molecule has 2 unspecified atom stereocenters. The van der Waals surface area contributed by atoms with Crippen molar-refractivity contribution in [3.63, 3.8) is 0 Å². The Balaban J connectivity index is 3.43. The van der Waals surface area contributed by atoms with Crippen LogP contribution in [-0.4, -0.2) is 18.8 Å². The third kappa shape index (κ3) is 6.88. The number of nitrogens with zero attached hydrogens (tertiary/aromatic N) is 1. The van der Waals surface area contributed by atoms with Crippen LogP contribution in [0.15, 0.2) is 0 Å². The van der Waals surface area contributed by atoms with E-state index in [-0.39, 0.29) is 0 Å². The molecule has 3 nitrogen and oxygen atoms in total. The third-order valence-corrected chi connectivity index (χ3v) is 2.20. The maximum absolute atomic E-state index is 8.66. The van der Waals surface area contributed by atoms with Gasteiger partial charge in [-0.15, -0.1) is 0 Å². The maximum Gasteiger partial charge on any atom is 0.103 e. The van der Waals surface area contributed by atoms with Crippen LogP contribution < -0.4 is 5.73 Å². The van der Waals surface area contributed by atoms with Crippen LogP contribution in [-0.2, 0) is 4.74 Å². The van der Waals surface area contributed by atoms with Crippen molar-refractivity contribution in [3.8, 4) is 6.07 Å². The third-order valence-electron chi connectivity index (χ3n) is 2.20. The molecule has 0 spiro atoms. The molecule has 0 saturated carbocycles. The Labute approximate surface area is 87.2 Å². The fraction of sp³-hybridized carbons (Fsp3) is 0.909. The van der Waals surface area contributed by atoms with Gasteiger partial charge in [-0.05, 0) is 19.3 Å². The minimum atomic E-state index is -0.742. The van der Waals surface area contributed by atoms with E-state index in [4.69, 9.17) is 15.7 Å².